The van der Waals surface area contributed by atoms with Crippen molar-refractivity contribution in [2.75, 3.05) is 5.73 Å². The first-order valence-electron chi connectivity index (χ1n) is 5.66. The number of pyridine rings is 1. The number of halogens is 1. The third-order valence-corrected chi connectivity index (χ3v) is 3.07. The van der Waals surface area contributed by atoms with Crippen LogP contribution in [0.2, 0.25) is 0 Å². The van der Waals surface area contributed by atoms with Crippen molar-refractivity contribution >= 4 is 21.6 Å². The van der Waals surface area contributed by atoms with E-state index in [1.54, 1.807) is 6.20 Å². The number of anilines is 1. The molecule has 4 heteroatoms. The number of hydrogen-bond donors (Lipinski definition) is 1. The standard InChI is InChI=1S/C14H15BrN2O/c1-9-5-10(2)14(13(16)6-9)18-8-12-4-3-11(15)7-17-12/h3-7H,8,16H2,1-2H3. The van der Waals surface area contributed by atoms with E-state index in [0.717, 1.165) is 27.0 Å². The van der Waals surface area contributed by atoms with E-state index in [-0.39, 0.29) is 0 Å². The molecule has 1 heterocycles. The van der Waals surface area contributed by atoms with Crippen molar-refractivity contribution < 1.29 is 4.74 Å². The SMILES string of the molecule is Cc1cc(C)c(OCc2ccc(Br)cn2)c(N)c1. The van der Waals surface area contributed by atoms with Crippen LogP contribution in [0.5, 0.6) is 5.75 Å². The van der Waals surface area contributed by atoms with Gasteiger partial charge in [0.1, 0.15) is 12.4 Å². The minimum atomic E-state index is 0.418. The summed E-state index contributed by atoms with van der Waals surface area (Å²) in [5.74, 6) is 0.741. The predicted octanol–water partition coefficient (Wildman–Crippen LogP) is 3.62. The van der Waals surface area contributed by atoms with E-state index in [9.17, 15) is 0 Å². The number of aromatic nitrogens is 1. The second-order valence-corrected chi connectivity index (χ2v) is 5.17. The Kier molecular flexibility index (Phi) is 3.87. The average Bonchev–Trinajstić information content (AvgIpc) is 2.30. The molecule has 0 aliphatic rings. The zero-order valence-corrected chi connectivity index (χ0v) is 12.0. The maximum Gasteiger partial charge on any atom is 0.145 e. The molecule has 0 bridgehead atoms. The largest absolute Gasteiger partial charge is 0.485 e. The smallest absolute Gasteiger partial charge is 0.145 e. The molecule has 0 spiro atoms. The summed E-state index contributed by atoms with van der Waals surface area (Å²) in [6.45, 7) is 4.43. The van der Waals surface area contributed by atoms with Crippen molar-refractivity contribution in [1.82, 2.24) is 4.98 Å². The summed E-state index contributed by atoms with van der Waals surface area (Å²) in [5.41, 5.74) is 9.69. The van der Waals surface area contributed by atoms with Crippen LogP contribution < -0.4 is 10.5 Å². The lowest BCUT2D eigenvalue weighted by Crippen LogP contribution is -2.02. The Hall–Kier alpha value is -1.55. The van der Waals surface area contributed by atoms with Gasteiger partial charge in [-0.3, -0.25) is 4.98 Å². The molecular formula is C14H15BrN2O. The Morgan fingerprint density at radius 2 is 2.06 bits per heavy atom. The summed E-state index contributed by atoms with van der Waals surface area (Å²) < 4.78 is 6.70. The van der Waals surface area contributed by atoms with Crippen molar-refractivity contribution in [2.24, 2.45) is 0 Å². The monoisotopic (exact) mass is 306 g/mol. The fraction of sp³-hybridized carbons (Fsp3) is 0.214. The van der Waals surface area contributed by atoms with E-state index in [0.29, 0.717) is 12.3 Å². The van der Waals surface area contributed by atoms with Gasteiger partial charge in [0.05, 0.1) is 11.4 Å². The lowest BCUT2D eigenvalue weighted by Gasteiger charge is -2.12. The van der Waals surface area contributed by atoms with Crippen LogP contribution in [0.25, 0.3) is 0 Å². The Morgan fingerprint density at radius 3 is 2.67 bits per heavy atom. The highest BCUT2D eigenvalue weighted by atomic mass is 79.9. The number of benzene rings is 1. The molecule has 0 aliphatic carbocycles. The second kappa shape index (κ2) is 5.40. The van der Waals surface area contributed by atoms with Gasteiger partial charge in [-0.1, -0.05) is 6.07 Å². The number of nitrogens with zero attached hydrogens (tertiary/aromatic N) is 1. The summed E-state index contributed by atoms with van der Waals surface area (Å²) in [4.78, 5) is 4.26. The van der Waals surface area contributed by atoms with E-state index in [1.807, 2.05) is 32.0 Å². The molecule has 94 valence electrons. The van der Waals surface area contributed by atoms with Gasteiger partial charge in [0.15, 0.2) is 0 Å². The molecule has 0 amide bonds. The average molecular weight is 307 g/mol. The molecule has 3 nitrogen and oxygen atoms in total. The maximum atomic E-state index is 5.96. The molecule has 1 aromatic heterocycles. The third kappa shape index (κ3) is 3.01. The van der Waals surface area contributed by atoms with E-state index < -0.39 is 0 Å². The highest BCUT2D eigenvalue weighted by molar-refractivity contribution is 9.10. The zero-order valence-electron chi connectivity index (χ0n) is 10.4. The van der Waals surface area contributed by atoms with Crippen LogP contribution in [0.3, 0.4) is 0 Å². The Labute approximate surface area is 115 Å². The van der Waals surface area contributed by atoms with Crippen molar-refractivity contribution in [3.63, 3.8) is 0 Å². The van der Waals surface area contributed by atoms with Gasteiger partial charge in [-0.2, -0.15) is 0 Å². The van der Waals surface area contributed by atoms with E-state index in [2.05, 4.69) is 27.0 Å². The fourth-order valence-electron chi connectivity index (χ4n) is 1.82. The van der Waals surface area contributed by atoms with Crippen LogP contribution in [-0.4, -0.2) is 4.98 Å². The van der Waals surface area contributed by atoms with Crippen LogP contribution in [0, 0.1) is 13.8 Å². The molecule has 0 atom stereocenters. The normalized spacial score (nSPS) is 10.4. The minimum Gasteiger partial charge on any atom is -0.485 e. The van der Waals surface area contributed by atoms with E-state index in [4.69, 9.17) is 10.5 Å². The number of nitrogens with two attached hydrogens (primary N) is 1. The van der Waals surface area contributed by atoms with Crippen molar-refractivity contribution in [3.8, 4) is 5.75 Å². The molecule has 0 unspecified atom stereocenters. The lowest BCUT2D eigenvalue weighted by molar-refractivity contribution is 0.301. The summed E-state index contributed by atoms with van der Waals surface area (Å²) >= 11 is 3.35. The van der Waals surface area contributed by atoms with Gasteiger partial charge in [-0.05, 0) is 59.1 Å². The lowest BCUT2D eigenvalue weighted by atomic mass is 10.1. The number of ether oxygens (including phenoxy) is 1. The maximum absolute atomic E-state index is 5.96. The molecule has 2 aromatic rings. The minimum absolute atomic E-state index is 0.418. The Balaban J connectivity index is 2.13. The van der Waals surface area contributed by atoms with Crippen LogP contribution in [0.4, 0.5) is 5.69 Å². The third-order valence-electron chi connectivity index (χ3n) is 2.60. The predicted molar refractivity (Wildman–Crippen MR) is 76.6 cm³/mol. The Morgan fingerprint density at radius 1 is 1.28 bits per heavy atom. The van der Waals surface area contributed by atoms with Crippen LogP contribution in [0.1, 0.15) is 16.8 Å². The van der Waals surface area contributed by atoms with Gasteiger partial charge in [0, 0.05) is 10.7 Å². The van der Waals surface area contributed by atoms with E-state index >= 15 is 0 Å². The Bertz CT molecular complexity index is 529. The molecule has 0 saturated heterocycles. The second-order valence-electron chi connectivity index (χ2n) is 4.26. The molecule has 0 saturated carbocycles. The first-order valence-corrected chi connectivity index (χ1v) is 6.45. The quantitative estimate of drug-likeness (QED) is 0.881. The highest BCUT2D eigenvalue weighted by Gasteiger charge is 2.06. The molecule has 0 aliphatic heterocycles. The van der Waals surface area contributed by atoms with Gasteiger partial charge >= 0.3 is 0 Å². The first kappa shape index (κ1) is 12.9. The molecular weight excluding hydrogens is 292 g/mol. The number of aryl methyl sites for hydroxylation is 2. The zero-order chi connectivity index (χ0) is 13.1. The molecule has 18 heavy (non-hydrogen) atoms. The molecule has 2 N–H and O–H groups in total. The fourth-order valence-corrected chi connectivity index (χ4v) is 2.06. The van der Waals surface area contributed by atoms with E-state index in [1.165, 1.54) is 0 Å². The highest BCUT2D eigenvalue weighted by Crippen LogP contribution is 2.28. The number of nitrogen functional groups attached to an aromatic ring is 1. The summed E-state index contributed by atoms with van der Waals surface area (Å²) in [5, 5.41) is 0. The van der Waals surface area contributed by atoms with Crippen molar-refractivity contribution in [2.45, 2.75) is 20.5 Å². The molecule has 1 aromatic carbocycles. The molecule has 0 fully saturated rings. The van der Waals surface area contributed by atoms with Crippen molar-refractivity contribution in [1.29, 1.82) is 0 Å². The number of rotatable bonds is 3. The van der Waals surface area contributed by atoms with Gasteiger partial charge in [-0.25, -0.2) is 0 Å². The van der Waals surface area contributed by atoms with Gasteiger partial charge < -0.3 is 10.5 Å². The molecule has 2 rings (SSSR count). The van der Waals surface area contributed by atoms with Gasteiger partial charge in [0.25, 0.3) is 0 Å². The summed E-state index contributed by atoms with van der Waals surface area (Å²) in [6, 6.07) is 7.83. The molecule has 0 radical (unpaired) electrons. The van der Waals surface area contributed by atoms with Crippen LogP contribution in [-0.2, 0) is 6.61 Å². The number of hydrogen-bond acceptors (Lipinski definition) is 3. The first-order chi connectivity index (χ1) is 8.56. The van der Waals surface area contributed by atoms with Gasteiger partial charge in [-0.15, -0.1) is 0 Å². The summed E-state index contributed by atoms with van der Waals surface area (Å²) in [6.07, 6.45) is 1.75. The van der Waals surface area contributed by atoms with Crippen LogP contribution >= 0.6 is 15.9 Å². The summed E-state index contributed by atoms with van der Waals surface area (Å²) in [7, 11) is 0. The topological polar surface area (TPSA) is 48.1 Å². The van der Waals surface area contributed by atoms with Crippen LogP contribution in [0.15, 0.2) is 34.9 Å². The van der Waals surface area contributed by atoms with Crippen molar-refractivity contribution in [3.05, 3.63) is 51.8 Å². The van der Waals surface area contributed by atoms with Gasteiger partial charge in [0.2, 0.25) is 0 Å².